The van der Waals surface area contributed by atoms with Gasteiger partial charge in [-0.05, 0) is 37.4 Å². The third kappa shape index (κ3) is 4.44. The van der Waals surface area contributed by atoms with Crippen LogP contribution in [0.4, 0.5) is 5.69 Å². The Labute approximate surface area is 158 Å². The molecule has 1 fully saturated rings. The second kappa shape index (κ2) is 8.03. The molecule has 1 aliphatic heterocycles. The minimum absolute atomic E-state index is 0.190. The van der Waals surface area contributed by atoms with E-state index in [4.69, 9.17) is 4.74 Å². The highest BCUT2D eigenvalue weighted by Crippen LogP contribution is 2.19. The lowest BCUT2D eigenvalue weighted by atomic mass is 10.2. The number of sulfonamides is 1. The van der Waals surface area contributed by atoms with Crippen LogP contribution in [0.1, 0.15) is 10.4 Å². The van der Waals surface area contributed by atoms with Crippen molar-refractivity contribution in [3.8, 4) is 5.88 Å². The van der Waals surface area contributed by atoms with Gasteiger partial charge in [0.05, 0.1) is 23.9 Å². The van der Waals surface area contributed by atoms with E-state index in [9.17, 15) is 13.2 Å². The van der Waals surface area contributed by atoms with E-state index in [-0.39, 0.29) is 10.8 Å². The average Bonchev–Trinajstić information content (AvgIpc) is 2.69. The summed E-state index contributed by atoms with van der Waals surface area (Å²) >= 11 is 0. The normalized spacial score (nSPS) is 16.1. The first-order valence-corrected chi connectivity index (χ1v) is 9.94. The number of anilines is 1. The summed E-state index contributed by atoms with van der Waals surface area (Å²) in [5.41, 5.74) is 0.887. The first-order chi connectivity index (χ1) is 12.9. The van der Waals surface area contributed by atoms with Crippen molar-refractivity contribution in [2.45, 2.75) is 4.90 Å². The maximum absolute atomic E-state index is 12.7. The van der Waals surface area contributed by atoms with E-state index in [0.29, 0.717) is 43.3 Å². The molecule has 0 saturated carbocycles. The molecule has 27 heavy (non-hydrogen) atoms. The average molecular weight is 390 g/mol. The van der Waals surface area contributed by atoms with Crippen molar-refractivity contribution >= 4 is 21.6 Å². The van der Waals surface area contributed by atoms with Crippen LogP contribution < -0.4 is 10.1 Å². The van der Waals surface area contributed by atoms with Crippen LogP contribution in [0, 0.1) is 0 Å². The monoisotopic (exact) mass is 390 g/mol. The minimum atomic E-state index is -3.54. The summed E-state index contributed by atoms with van der Waals surface area (Å²) in [5.74, 6) is 0.108. The van der Waals surface area contributed by atoms with Crippen molar-refractivity contribution < 1.29 is 17.9 Å². The van der Waals surface area contributed by atoms with Crippen LogP contribution in [0.5, 0.6) is 5.88 Å². The number of amides is 1. The van der Waals surface area contributed by atoms with Crippen molar-refractivity contribution in [3.05, 3.63) is 48.2 Å². The second-order valence-electron chi connectivity index (χ2n) is 6.28. The lowest BCUT2D eigenvalue weighted by molar-refractivity contribution is 0.102. The molecule has 2 heterocycles. The number of piperazine rings is 1. The Morgan fingerprint density at radius 2 is 1.74 bits per heavy atom. The largest absolute Gasteiger partial charge is 0.481 e. The Bertz CT molecular complexity index is 890. The van der Waals surface area contributed by atoms with Crippen LogP contribution in [0.15, 0.2) is 47.5 Å². The molecule has 0 radical (unpaired) electrons. The number of likely N-dealkylation sites (N-methyl/N-ethyl adjacent to an activating group) is 1. The molecule has 1 amide bonds. The summed E-state index contributed by atoms with van der Waals surface area (Å²) in [5, 5.41) is 2.71. The molecule has 8 nitrogen and oxygen atoms in total. The summed E-state index contributed by atoms with van der Waals surface area (Å²) < 4.78 is 31.9. The molecule has 1 saturated heterocycles. The predicted molar refractivity (Wildman–Crippen MR) is 101 cm³/mol. The fraction of sp³-hybridized carbons (Fsp3) is 0.333. The Kier molecular flexibility index (Phi) is 5.73. The van der Waals surface area contributed by atoms with Gasteiger partial charge in [0, 0.05) is 37.8 Å². The van der Waals surface area contributed by atoms with E-state index >= 15 is 0 Å². The molecular formula is C18H22N4O4S. The summed E-state index contributed by atoms with van der Waals surface area (Å²) in [6, 6.07) is 9.27. The summed E-state index contributed by atoms with van der Waals surface area (Å²) in [7, 11) is -0.0632. The quantitative estimate of drug-likeness (QED) is 0.827. The number of nitrogens with one attached hydrogen (secondary N) is 1. The Morgan fingerprint density at radius 1 is 1.07 bits per heavy atom. The Balaban J connectivity index is 1.69. The van der Waals surface area contributed by atoms with Gasteiger partial charge in [-0.15, -0.1) is 0 Å². The lowest BCUT2D eigenvalue weighted by Gasteiger charge is -2.31. The van der Waals surface area contributed by atoms with Gasteiger partial charge in [-0.3, -0.25) is 4.79 Å². The molecule has 144 valence electrons. The molecule has 0 atom stereocenters. The van der Waals surface area contributed by atoms with Crippen LogP contribution >= 0.6 is 0 Å². The highest BCUT2D eigenvalue weighted by Gasteiger charge is 2.27. The van der Waals surface area contributed by atoms with Crippen LogP contribution in [0.2, 0.25) is 0 Å². The number of carbonyl (C=O) groups is 1. The van der Waals surface area contributed by atoms with Crippen molar-refractivity contribution in [2.75, 3.05) is 45.7 Å². The maximum atomic E-state index is 12.7. The number of aromatic nitrogens is 1. The topological polar surface area (TPSA) is 91.8 Å². The number of methoxy groups -OCH3 is 1. The number of nitrogens with zero attached hydrogens (tertiary/aromatic N) is 3. The minimum Gasteiger partial charge on any atom is -0.481 e. The molecular weight excluding hydrogens is 368 g/mol. The summed E-state index contributed by atoms with van der Waals surface area (Å²) in [6.45, 7) is 2.34. The van der Waals surface area contributed by atoms with Gasteiger partial charge in [-0.1, -0.05) is 0 Å². The van der Waals surface area contributed by atoms with Crippen LogP contribution in [0.3, 0.4) is 0 Å². The number of pyridine rings is 1. The molecule has 9 heteroatoms. The zero-order valence-electron chi connectivity index (χ0n) is 15.3. The van der Waals surface area contributed by atoms with E-state index < -0.39 is 10.0 Å². The number of ether oxygens (including phenoxy) is 1. The van der Waals surface area contributed by atoms with Gasteiger partial charge in [0.25, 0.3) is 5.91 Å². The summed E-state index contributed by atoms with van der Waals surface area (Å²) in [4.78, 5) is 18.6. The molecule has 3 rings (SSSR count). The van der Waals surface area contributed by atoms with Gasteiger partial charge in [-0.25, -0.2) is 13.4 Å². The first-order valence-electron chi connectivity index (χ1n) is 8.50. The van der Waals surface area contributed by atoms with Gasteiger partial charge in [-0.2, -0.15) is 4.31 Å². The third-order valence-electron chi connectivity index (χ3n) is 4.42. The smallest absolute Gasteiger partial charge is 0.255 e. The zero-order valence-corrected chi connectivity index (χ0v) is 16.1. The number of carbonyl (C=O) groups excluding carboxylic acids is 1. The van der Waals surface area contributed by atoms with E-state index in [2.05, 4.69) is 15.2 Å². The molecule has 0 spiro atoms. The van der Waals surface area contributed by atoms with E-state index in [0.717, 1.165) is 0 Å². The zero-order chi connectivity index (χ0) is 19.4. The van der Waals surface area contributed by atoms with E-state index in [1.54, 1.807) is 12.1 Å². The fourth-order valence-corrected chi connectivity index (χ4v) is 4.16. The molecule has 2 aromatic rings. The standard InChI is InChI=1S/C18H22N4O4S/c1-21-9-11-22(12-10-21)27(24,25)16-6-3-14(4-7-16)18(23)20-15-5-8-17(26-2)19-13-15/h3-8,13H,9-12H2,1-2H3,(H,20,23). The molecule has 1 aliphatic rings. The molecule has 0 unspecified atom stereocenters. The third-order valence-corrected chi connectivity index (χ3v) is 6.33. The molecule has 1 aromatic carbocycles. The van der Waals surface area contributed by atoms with Crippen LogP contribution in [0.25, 0.3) is 0 Å². The summed E-state index contributed by atoms with van der Waals surface area (Å²) in [6.07, 6.45) is 1.49. The highest BCUT2D eigenvalue weighted by atomic mass is 32.2. The number of rotatable bonds is 5. The first kappa shape index (κ1) is 19.3. The van der Waals surface area contributed by atoms with Gasteiger partial charge in [0.2, 0.25) is 15.9 Å². The Morgan fingerprint density at radius 3 is 2.30 bits per heavy atom. The number of hydrogen-bond acceptors (Lipinski definition) is 6. The van der Waals surface area contributed by atoms with Crippen molar-refractivity contribution in [1.82, 2.24) is 14.2 Å². The fourth-order valence-electron chi connectivity index (χ4n) is 2.73. The molecule has 1 aromatic heterocycles. The lowest BCUT2D eigenvalue weighted by Crippen LogP contribution is -2.47. The van der Waals surface area contributed by atoms with Gasteiger partial charge < -0.3 is 15.0 Å². The van der Waals surface area contributed by atoms with Crippen LogP contribution in [-0.2, 0) is 10.0 Å². The van der Waals surface area contributed by atoms with Crippen molar-refractivity contribution in [1.29, 1.82) is 0 Å². The second-order valence-corrected chi connectivity index (χ2v) is 8.21. The molecule has 1 N–H and O–H groups in total. The Hall–Kier alpha value is -2.49. The predicted octanol–water partition coefficient (Wildman–Crippen LogP) is 1.28. The van der Waals surface area contributed by atoms with Crippen LogP contribution in [-0.4, -0.2) is 68.9 Å². The van der Waals surface area contributed by atoms with Gasteiger partial charge in [0.1, 0.15) is 0 Å². The number of benzene rings is 1. The molecule has 0 bridgehead atoms. The SMILES string of the molecule is COc1ccc(NC(=O)c2ccc(S(=O)(=O)N3CCN(C)CC3)cc2)cn1. The highest BCUT2D eigenvalue weighted by molar-refractivity contribution is 7.89. The molecule has 0 aliphatic carbocycles. The van der Waals surface area contributed by atoms with E-state index in [1.165, 1.54) is 41.9 Å². The van der Waals surface area contributed by atoms with Crippen molar-refractivity contribution in [2.24, 2.45) is 0 Å². The van der Waals surface area contributed by atoms with Gasteiger partial charge >= 0.3 is 0 Å². The van der Waals surface area contributed by atoms with E-state index in [1.807, 2.05) is 7.05 Å². The maximum Gasteiger partial charge on any atom is 0.255 e. The van der Waals surface area contributed by atoms with Gasteiger partial charge in [0.15, 0.2) is 0 Å². The van der Waals surface area contributed by atoms with Crippen molar-refractivity contribution in [3.63, 3.8) is 0 Å². The number of hydrogen-bond donors (Lipinski definition) is 1.